The molecular weight excluding hydrogens is 372 g/mol. The molecule has 0 bridgehead atoms. The number of amides is 1. The van der Waals surface area contributed by atoms with Gasteiger partial charge in [0, 0.05) is 36.1 Å². The van der Waals surface area contributed by atoms with Gasteiger partial charge in [0.05, 0.1) is 24.3 Å². The van der Waals surface area contributed by atoms with Gasteiger partial charge in [0.15, 0.2) is 0 Å². The number of rotatable bonds is 4. The highest BCUT2D eigenvalue weighted by molar-refractivity contribution is 6.13. The Hall–Kier alpha value is -3.18. The van der Waals surface area contributed by atoms with Gasteiger partial charge in [-0.2, -0.15) is 0 Å². The first-order valence-corrected chi connectivity index (χ1v) is 10.4. The molecular formula is C25H26N4O. The third-order valence-corrected chi connectivity index (χ3v) is 6.14. The van der Waals surface area contributed by atoms with E-state index in [1.165, 1.54) is 11.1 Å². The molecule has 0 radical (unpaired) electrons. The lowest BCUT2D eigenvalue weighted by Gasteiger charge is -2.34. The van der Waals surface area contributed by atoms with Crippen LogP contribution in [0.25, 0.3) is 0 Å². The molecule has 5 heteroatoms. The first-order valence-electron chi connectivity index (χ1n) is 10.4. The Morgan fingerprint density at radius 1 is 1.10 bits per heavy atom. The molecule has 0 saturated heterocycles. The number of pyridine rings is 1. The number of benzene rings is 2. The van der Waals surface area contributed by atoms with Crippen LogP contribution in [0.2, 0.25) is 0 Å². The van der Waals surface area contributed by atoms with Crippen molar-refractivity contribution in [1.29, 1.82) is 0 Å². The van der Waals surface area contributed by atoms with Crippen LogP contribution in [-0.4, -0.2) is 17.4 Å². The van der Waals surface area contributed by atoms with Crippen LogP contribution in [0.3, 0.4) is 0 Å². The second-order valence-electron chi connectivity index (χ2n) is 8.73. The maximum absolute atomic E-state index is 13.4. The molecule has 0 aliphatic carbocycles. The number of carbonyl (C=O) groups excluding carboxylic acids is 1. The van der Waals surface area contributed by atoms with Gasteiger partial charge in [-0.05, 0) is 47.0 Å². The topological polar surface area (TPSA) is 57.3 Å². The Morgan fingerprint density at radius 2 is 2.00 bits per heavy atom. The van der Waals surface area contributed by atoms with Gasteiger partial charge in [-0.3, -0.25) is 9.78 Å². The minimum absolute atomic E-state index is 0.0529. The number of carbonyl (C=O) groups is 1. The van der Waals surface area contributed by atoms with E-state index < -0.39 is 0 Å². The van der Waals surface area contributed by atoms with Gasteiger partial charge in [-0.1, -0.05) is 38.1 Å². The Labute approximate surface area is 177 Å². The van der Waals surface area contributed by atoms with Crippen molar-refractivity contribution in [2.45, 2.75) is 38.9 Å². The predicted molar refractivity (Wildman–Crippen MR) is 120 cm³/mol. The molecule has 5 nitrogen and oxygen atoms in total. The van der Waals surface area contributed by atoms with Gasteiger partial charge < -0.3 is 15.5 Å². The first kappa shape index (κ1) is 18.8. The van der Waals surface area contributed by atoms with Crippen molar-refractivity contribution < 1.29 is 4.79 Å². The first-order chi connectivity index (χ1) is 14.5. The number of nitrogens with one attached hydrogen (secondary N) is 2. The van der Waals surface area contributed by atoms with E-state index in [9.17, 15) is 4.79 Å². The number of aromatic nitrogens is 1. The van der Waals surface area contributed by atoms with Crippen molar-refractivity contribution in [2.75, 3.05) is 16.8 Å². The lowest BCUT2D eigenvalue weighted by molar-refractivity contribution is 0.0997. The predicted octanol–water partition coefficient (Wildman–Crippen LogP) is 4.23. The Morgan fingerprint density at radius 3 is 2.83 bits per heavy atom. The SMILES string of the molecule is CC1(C)CNCc2cc(N3Cc4cccc(NCc5ccccn5)c4C3=O)ccc21. The van der Waals surface area contributed by atoms with Crippen LogP contribution in [0.15, 0.2) is 60.8 Å². The summed E-state index contributed by atoms with van der Waals surface area (Å²) in [4.78, 5) is 19.6. The average molecular weight is 399 g/mol. The van der Waals surface area contributed by atoms with Crippen LogP contribution in [0.1, 0.15) is 46.6 Å². The van der Waals surface area contributed by atoms with Crippen molar-refractivity contribution >= 4 is 17.3 Å². The molecule has 0 fully saturated rings. The Kier molecular flexibility index (Phi) is 4.55. The molecule has 2 N–H and O–H groups in total. The van der Waals surface area contributed by atoms with Crippen molar-refractivity contribution in [3.8, 4) is 0 Å². The number of anilines is 2. The molecule has 152 valence electrons. The van der Waals surface area contributed by atoms with Gasteiger partial charge in [-0.25, -0.2) is 0 Å². The maximum atomic E-state index is 13.4. The summed E-state index contributed by atoms with van der Waals surface area (Å²) in [6.45, 7) is 7.52. The van der Waals surface area contributed by atoms with Crippen molar-refractivity contribution in [3.05, 3.63) is 88.7 Å². The molecule has 2 aliphatic heterocycles. The quantitative estimate of drug-likeness (QED) is 0.690. The molecule has 30 heavy (non-hydrogen) atoms. The van der Waals surface area contributed by atoms with Crippen LogP contribution >= 0.6 is 0 Å². The largest absolute Gasteiger partial charge is 0.379 e. The van der Waals surface area contributed by atoms with Gasteiger partial charge in [0.1, 0.15) is 0 Å². The average Bonchev–Trinajstić information content (AvgIpc) is 3.10. The summed E-state index contributed by atoms with van der Waals surface area (Å²) >= 11 is 0. The zero-order chi connectivity index (χ0) is 20.7. The summed E-state index contributed by atoms with van der Waals surface area (Å²) < 4.78 is 0. The fraction of sp³-hybridized carbons (Fsp3) is 0.280. The van der Waals surface area contributed by atoms with E-state index in [4.69, 9.17) is 0 Å². The van der Waals surface area contributed by atoms with E-state index in [-0.39, 0.29) is 11.3 Å². The van der Waals surface area contributed by atoms with E-state index in [0.717, 1.165) is 41.3 Å². The Bertz CT molecular complexity index is 1110. The normalized spacial score (nSPS) is 16.9. The summed E-state index contributed by atoms with van der Waals surface area (Å²) in [6.07, 6.45) is 1.78. The maximum Gasteiger partial charge on any atom is 0.261 e. The smallest absolute Gasteiger partial charge is 0.261 e. The molecule has 0 spiro atoms. The molecule has 0 saturated carbocycles. The van der Waals surface area contributed by atoms with Gasteiger partial charge in [-0.15, -0.1) is 0 Å². The summed E-state index contributed by atoms with van der Waals surface area (Å²) in [7, 11) is 0. The molecule has 2 aliphatic rings. The number of fused-ring (bicyclic) bond motifs is 2. The standard InChI is InChI=1S/C25H26N4O/c1-25(2)16-26-13-18-12-20(9-10-21(18)25)29-15-17-6-5-8-22(23(17)24(29)30)28-14-19-7-3-4-11-27-19/h3-12,26,28H,13-16H2,1-2H3. The lowest BCUT2D eigenvalue weighted by atomic mass is 9.79. The van der Waals surface area contributed by atoms with E-state index in [1.54, 1.807) is 6.20 Å². The molecule has 2 aromatic carbocycles. The number of hydrogen-bond donors (Lipinski definition) is 2. The second-order valence-corrected chi connectivity index (χ2v) is 8.73. The van der Waals surface area contributed by atoms with Crippen molar-refractivity contribution in [2.24, 2.45) is 0 Å². The summed E-state index contributed by atoms with van der Waals surface area (Å²) in [6, 6.07) is 18.3. The van der Waals surface area contributed by atoms with E-state index in [1.807, 2.05) is 41.3 Å². The van der Waals surface area contributed by atoms with Crippen molar-refractivity contribution in [3.63, 3.8) is 0 Å². The van der Waals surface area contributed by atoms with E-state index in [2.05, 4.69) is 47.7 Å². The fourth-order valence-electron chi connectivity index (χ4n) is 4.57. The van der Waals surface area contributed by atoms with Crippen LogP contribution < -0.4 is 15.5 Å². The second kappa shape index (κ2) is 7.26. The summed E-state index contributed by atoms with van der Waals surface area (Å²) in [5.74, 6) is 0.0529. The molecule has 0 atom stereocenters. The van der Waals surface area contributed by atoms with Gasteiger partial charge in [0.25, 0.3) is 5.91 Å². The van der Waals surface area contributed by atoms with E-state index >= 15 is 0 Å². The summed E-state index contributed by atoms with van der Waals surface area (Å²) in [5.41, 5.74) is 7.35. The van der Waals surface area contributed by atoms with Crippen molar-refractivity contribution in [1.82, 2.24) is 10.3 Å². The zero-order valence-electron chi connectivity index (χ0n) is 17.4. The molecule has 3 heterocycles. The monoisotopic (exact) mass is 398 g/mol. The summed E-state index contributed by atoms with van der Waals surface area (Å²) in [5, 5.41) is 6.90. The zero-order valence-corrected chi connectivity index (χ0v) is 17.4. The van der Waals surface area contributed by atoms with Gasteiger partial charge in [0.2, 0.25) is 0 Å². The third kappa shape index (κ3) is 3.25. The highest BCUT2D eigenvalue weighted by atomic mass is 16.2. The highest BCUT2D eigenvalue weighted by Gasteiger charge is 2.33. The van der Waals surface area contributed by atoms with Crippen LogP contribution in [-0.2, 0) is 25.0 Å². The van der Waals surface area contributed by atoms with Crippen LogP contribution in [0, 0.1) is 0 Å². The molecule has 1 amide bonds. The van der Waals surface area contributed by atoms with Crippen LogP contribution in [0.5, 0.6) is 0 Å². The minimum atomic E-state index is 0.0529. The molecule has 1 aromatic heterocycles. The third-order valence-electron chi connectivity index (χ3n) is 6.14. The van der Waals surface area contributed by atoms with E-state index in [0.29, 0.717) is 13.1 Å². The molecule has 3 aromatic rings. The number of hydrogen-bond acceptors (Lipinski definition) is 4. The molecule has 0 unspecified atom stereocenters. The lowest BCUT2D eigenvalue weighted by Crippen LogP contribution is -2.38. The minimum Gasteiger partial charge on any atom is -0.379 e. The van der Waals surface area contributed by atoms with Crippen LogP contribution in [0.4, 0.5) is 11.4 Å². The Balaban J connectivity index is 1.42. The molecule has 5 rings (SSSR count). The highest BCUT2D eigenvalue weighted by Crippen LogP contribution is 2.36. The number of nitrogens with zero attached hydrogens (tertiary/aromatic N) is 2. The fourth-order valence-corrected chi connectivity index (χ4v) is 4.57. The van der Waals surface area contributed by atoms with Gasteiger partial charge >= 0.3 is 0 Å².